The van der Waals surface area contributed by atoms with Crippen LogP contribution in [0.5, 0.6) is 11.5 Å². The molecule has 2 fully saturated rings. The molecular formula is C22H25F2N3O7. The van der Waals surface area contributed by atoms with Gasteiger partial charge in [0.1, 0.15) is 12.1 Å². The Balaban J connectivity index is 1.30. The van der Waals surface area contributed by atoms with Crippen molar-refractivity contribution in [2.45, 2.75) is 51.9 Å². The number of benzene rings is 1. The maximum absolute atomic E-state index is 13.1. The third-order valence-corrected chi connectivity index (χ3v) is 5.96. The molecule has 1 aromatic carbocycles. The van der Waals surface area contributed by atoms with Crippen molar-refractivity contribution in [1.29, 1.82) is 0 Å². The Labute approximate surface area is 193 Å². The number of carbonyl (C=O) groups excluding carboxylic acids is 4. The highest BCUT2D eigenvalue weighted by Crippen LogP contribution is 2.46. The lowest BCUT2D eigenvalue weighted by atomic mass is 9.64. The summed E-state index contributed by atoms with van der Waals surface area (Å²) in [6.07, 6.45) is -1.93. The number of ether oxygens (including phenoxy) is 3. The topological polar surface area (TPSA) is 123 Å². The average molecular weight is 481 g/mol. The quantitative estimate of drug-likeness (QED) is 0.490. The van der Waals surface area contributed by atoms with Gasteiger partial charge in [0, 0.05) is 11.8 Å². The lowest BCUT2D eigenvalue weighted by Gasteiger charge is -2.43. The van der Waals surface area contributed by atoms with Crippen molar-refractivity contribution in [2.75, 3.05) is 18.5 Å². The van der Waals surface area contributed by atoms with Gasteiger partial charge < -0.3 is 24.8 Å². The van der Waals surface area contributed by atoms with Crippen molar-refractivity contribution < 1.29 is 42.2 Å². The van der Waals surface area contributed by atoms with Crippen LogP contribution in [-0.2, 0) is 19.1 Å². The van der Waals surface area contributed by atoms with E-state index in [0.29, 0.717) is 12.8 Å². The minimum absolute atomic E-state index is 0.117. The van der Waals surface area contributed by atoms with Gasteiger partial charge in [0.15, 0.2) is 18.1 Å². The highest BCUT2D eigenvalue weighted by molar-refractivity contribution is 6.09. The number of hydrogen-bond donors (Lipinski definition) is 2. The minimum atomic E-state index is -3.79. The smallest absolute Gasteiger partial charge is 0.454 e. The SMILES string of the molecule is CC1CC(C)(C)CC2(C1)NC(=O)N(CC(=O)OCC(=O)Nc1ccc3c(c1)OC(F)(F)O3)C2=O. The van der Waals surface area contributed by atoms with Gasteiger partial charge in [-0.1, -0.05) is 20.8 Å². The summed E-state index contributed by atoms with van der Waals surface area (Å²) >= 11 is 0. The van der Waals surface area contributed by atoms with E-state index >= 15 is 0 Å². The largest absolute Gasteiger partial charge is 0.586 e. The van der Waals surface area contributed by atoms with Crippen LogP contribution in [0, 0.1) is 11.3 Å². The van der Waals surface area contributed by atoms with Crippen LogP contribution < -0.4 is 20.1 Å². The van der Waals surface area contributed by atoms with Crippen molar-refractivity contribution >= 4 is 29.5 Å². The number of nitrogens with zero attached hydrogens (tertiary/aromatic N) is 1. The van der Waals surface area contributed by atoms with Crippen LogP contribution in [0.4, 0.5) is 19.3 Å². The van der Waals surface area contributed by atoms with Crippen molar-refractivity contribution in [3.63, 3.8) is 0 Å². The van der Waals surface area contributed by atoms with Crippen LogP contribution >= 0.6 is 0 Å². The summed E-state index contributed by atoms with van der Waals surface area (Å²) in [5.74, 6) is -2.40. The molecule has 34 heavy (non-hydrogen) atoms. The van der Waals surface area contributed by atoms with Gasteiger partial charge >= 0.3 is 18.3 Å². The fraction of sp³-hybridized carbons (Fsp3) is 0.545. The number of carbonyl (C=O) groups is 4. The molecule has 0 aromatic heterocycles. The Hall–Kier alpha value is -3.44. The zero-order valence-electron chi connectivity index (χ0n) is 18.9. The van der Waals surface area contributed by atoms with Gasteiger partial charge in [-0.3, -0.25) is 19.3 Å². The predicted molar refractivity (Wildman–Crippen MR) is 112 cm³/mol. The number of imide groups is 1. The first-order valence-electron chi connectivity index (χ1n) is 10.8. The fourth-order valence-electron chi connectivity index (χ4n) is 5.19. The van der Waals surface area contributed by atoms with E-state index in [1.165, 1.54) is 12.1 Å². The van der Waals surface area contributed by atoms with Gasteiger partial charge in [-0.15, -0.1) is 8.78 Å². The second kappa shape index (κ2) is 8.10. The zero-order valence-corrected chi connectivity index (χ0v) is 18.9. The second-order valence-electron chi connectivity index (χ2n) is 9.80. The van der Waals surface area contributed by atoms with Crippen molar-refractivity contribution in [1.82, 2.24) is 10.2 Å². The molecule has 2 unspecified atom stereocenters. The molecule has 1 spiro atoms. The molecule has 2 atom stereocenters. The van der Waals surface area contributed by atoms with Gasteiger partial charge in [0.05, 0.1) is 0 Å². The first-order chi connectivity index (χ1) is 15.8. The Bertz CT molecular complexity index is 1060. The summed E-state index contributed by atoms with van der Waals surface area (Å²) < 4.78 is 39.7. The van der Waals surface area contributed by atoms with E-state index in [1.54, 1.807) is 0 Å². The first-order valence-corrected chi connectivity index (χ1v) is 10.8. The van der Waals surface area contributed by atoms with E-state index in [1.807, 2.05) is 20.8 Å². The number of amides is 4. The molecule has 10 nitrogen and oxygen atoms in total. The number of anilines is 1. The van der Waals surface area contributed by atoms with Crippen molar-refractivity contribution in [2.24, 2.45) is 11.3 Å². The highest BCUT2D eigenvalue weighted by Gasteiger charge is 2.56. The molecule has 1 saturated carbocycles. The summed E-state index contributed by atoms with van der Waals surface area (Å²) in [4.78, 5) is 50.7. The fourth-order valence-corrected chi connectivity index (χ4v) is 5.19. The summed E-state index contributed by atoms with van der Waals surface area (Å²) in [5, 5.41) is 5.13. The molecule has 0 bridgehead atoms. The maximum Gasteiger partial charge on any atom is 0.586 e. The maximum atomic E-state index is 13.1. The Kier molecular flexibility index (Phi) is 5.65. The number of urea groups is 1. The van der Waals surface area contributed by atoms with Gasteiger partial charge in [-0.25, -0.2) is 4.79 Å². The van der Waals surface area contributed by atoms with Crippen LogP contribution in [-0.4, -0.2) is 53.7 Å². The molecule has 4 rings (SSSR count). The Morgan fingerprint density at radius 1 is 1.21 bits per heavy atom. The van der Waals surface area contributed by atoms with E-state index in [-0.39, 0.29) is 28.5 Å². The second-order valence-corrected chi connectivity index (χ2v) is 9.80. The average Bonchev–Trinajstić information content (AvgIpc) is 3.11. The van der Waals surface area contributed by atoms with Crippen molar-refractivity contribution in [3.8, 4) is 11.5 Å². The summed E-state index contributed by atoms with van der Waals surface area (Å²) in [5.41, 5.74) is -1.09. The molecule has 0 radical (unpaired) electrons. The van der Waals surface area contributed by atoms with Crippen LogP contribution in [0.15, 0.2) is 18.2 Å². The summed E-state index contributed by atoms with van der Waals surface area (Å²) in [6, 6.07) is 2.96. The normalized spacial score (nSPS) is 26.4. The number of esters is 1. The van der Waals surface area contributed by atoms with Crippen LogP contribution in [0.2, 0.25) is 0 Å². The molecule has 2 aliphatic heterocycles. The highest BCUT2D eigenvalue weighted by atomic mass is 19.3. The summed E-state index contributed by atoms with van der Waals surface area (Å²) in [6.45, 7) is 4.75. The number of halogens is 2. The molecule has 1 saturated heterocycles. The molecule has 1 aliphatic carbocycles. The van der Waals surface area contributed by atoms with Gasteiger partial charge in [-0.05, 0) is 42.7 Å². The van der Waals surface area contributed by atoms with E-state index < -0.39 is 48.8 Å². The van der Waals surface area contributed by atoms with Crippen LogP contribution in [0.25, 0.3) is 0 Å². The van der Waals surface area contributed by atoms with Gasteiger partial charge in [-0.2, -0.15) is 0 Å². The van der Waals surface area contributed by atoms with E-state index in [0.717, 1.165) is 17.4 Å². The molecule has 1 aromatic rings. The standard InChI is InChI=1S/C22H25F2N3O7/c1-12-7-20(2,3)11-21(8-12)18(30)27(19(31)26-21)9-17(29)32-10-16(28)25-13-4-5-14-15(6-13)34-22(23,24)33-14/h4-6,12H,7-11H2,1-3H3,(H,25,28)(H,26,31). The third kappa shape index (κ3) is 4.75. The van der Waals surface area contributed by atoms with Crippen LogP contribution in [0.1, 0.15) is 40.0 Å². The van der Waals surface area contributed by atoms with E-state index in [4.69, 9.17) is 4.74 Å². The number of nitrogens with one attached hydrogen (secondary N) is 2. The molecule has 3 aliphatic rings. The van der Waals surface area contributed by atoms with E-state index in [2.05, 4.69) is 20.1 Å². The first kappa shape index (κ1) is 23.7. The number of fused-ring (bicyclic) bond motifs is 1. The minimum Gasteiger partial charge on any atom is -0.454 e. The van der Waals surface area contributed by atoms with Gasteiger partial charge in [0.2, 0.25) is 0 Å². The van der Waals surface area contributed by atoms with E-state index in [9.17, 15) is 28.0 Å². The molecule has 12 heteroatoms. The molecule has 4 amide bonds. The lowest BCUT2D eigenvalue weighted by molar-refractivity contribution is -0.286. The Morgan fingerprint density at radius 2 is 1.91 bits per heavy atom. The number of alkyl halides is 2. The van der Waals surface area contributed by atoms with Gasteiger partial charge in [0.25, 0.3) is 11.8 Å². The number of hydrogen-bond acceptors (Lipinski definition) is 7. The Morgan fingerprint density at radius 3 is 2.62 bits per heavy atom. The monoisotopic (exact) mass is 481 g/mol. The molecule has 2 N–H and O–H groups in total. The molecule has 2 heterocycles. The lowest BCUT2D eigenvalue weighted by Crippen LogP contribution is -2.54. The van der Waals surface area contributed by atoms with Crippen LogP contribution in [0.3, 0.4) is 0 Å². The molecular weight excluding hydrogens is 456 g/mol. The summed E-state index contributed by atoms with van der Waals surface area (Å²) in [7, 11) is 0. The van der Waals surface area contributed by atoms with Crippen molar-refractivity contribution in [3.05, 3.63) is 18.2 Å². The zero-order chi connectivity index (χ0) is 24.9. The number of rotatable bonds is 5. The third-order valence-electron chi connectivity index (χ3n) is 5.96. The molecule has 184 valence electrons. The predicted octanol–water partition coefficient (Wildman–Crippen LogP) is 2.63.